The maximum atomic E-state index is 5.63. The van der Waals surface area contributed by atoms with Crippen molar-refractivity contribution in [3.63, 3.8) is 0 Å². The molecule has 0 aromatic heterocycles. The van der Waals surface area contributed by atoms with Crippen molar-refractivity contribution in [3.05, 3.63) is 22.1 Å². The fourth-order valence-corrected chi connectivity index (χ4v) is 1.80. The van der Waals surface area contributed by atoms with Gasteiger partial charge in [-0.25, -0.2) is 0 Å². The van der Waals surface area contributed by atoms with Gasteiger partial charge in [0.25, 0.3) is 0 Å². The molecule has 0 aliphatic carbocycles. The maximum absolute atomic E-state index is 5.63. The van der Waals surface area contributed by atoms with Gasteiger partial charge in [-0.1, -0.05) is 0 Å². The van der Waals surface area contributed by atoms with Crippen LogP contribution in [0.15, 0.2) is 22.1 Å². The van der Waals surface area contributed by atoms with Crippen LogP contribution in [0.5, 0.6) is 0 Å². The fraction of sp³-hybridized carbons (Fsp3) is 0.556. The van der Waals surface area contributed by atoms with Gasteiger partial charge in [0.05, 0.1) is 0 Å². The van der Waals surface area contributed by atoms with Crippen molar-refractivity contribution in [2.45, 2.75) is 25.5 Å². The smallest absolute Gasteiger partial charge is 0.147 e. The summed E-state index contributed by atoms with van der Waals surface area (Å²) >= 11 is 2.28. The summed E-state index contributed by atoms with van der Waals surface area (Å²) in [4.78, 5) is 0. The largest absolute Gasteiger partial charge is 0.357 e. The van der Waals surface area contributed by atoms with E-state index in [9.17, 15) is 0 Å². The van der Waals surface area contributed by atoms with Crippen LogP contribution in [0, 0.1) is 0 Å². The molecule has 0 amide bonds. The summed E-state index contributed by atoms with van der Waals surface area (Å²) in [5, 5.41) is 2.03. The van der Waals surface area contributed by atoms with Crippen molar-refractivity contribution in [2.75, 3.05) is 6.61 Å². The van der Waals surface area contributed by atoms with Crippen molar-refractivity contribution in [1.82, 2.24) is 10.4 Å². The van der Waals surface area contributed by atoms with Crippen LogP contribution in [0.4, 0.5) is 0 Å². The normalized spacial score (nSPS) is 28.2. The minimum atomic E-state index is 0.214. The molecule has 4 heteroatoms. The maximum Gasteiger partial charge on any atom is 0.147 e. The summed E-state index contributed by atoms with van der Waals surface area (Å²) in [6.07, 6.45) is 9.89. The van der Waals surface area contributed by atoms with Gasteiger partial charge in [-0.2, -0.15) is 0 Å². The van der Waals surface area contributed by atoms with E-state index >= 15 is 0 Å². The zero-order valence-corrected chi connectivity index (χ0v) is 9.53. The first-order valence-electron chi connectivity index (χ1n) is 4.56. The lowest BCUT2D eigenvalue weighted by molar-refractivity contribution is -0.0795. The van der Waals surface area contributed by atoms with Gasteiger partial charge < -0.3 is 10.2 Å². The standard InChI is InChI=1S/C9H13IN2O/c10-8-4-5-12(11-7-8)9-3-1-2-6-13-9/h4-5,7,9,11H,1-3,6H2. The van der Waals surface area contributed by atoms with Gasteiger partial charge in [0, 0.05) is 22.6 Å². The Hall–Kier alpha value is -0.230. The zero-order valence-electron chi connectivity index (χ0n) is 7.37. The molecule has 2 heterocycles. The summed E-state index contributed by atoms with van der Waals surface area (Å²) in [7, 11) is 0. The number of hydrazine groups is 1. The number of nitrogens with one attached hydrogen (secondary N) is 1. The summed E-state index contributed by atoms with van der Waals surface area (Å²) in [5.41, 5.74) is 3.19. The molecule has 2 aliphatic rings. The predicted molar refractivity (Wildman–Crippen MR) is 59.8 cm³/mol. The number of ether oxygens (including phenoxy) is 1. The van der Waals surface area contributed by atoms with Crippen LogP contribution >= 0.6 is 22.6 Å². The zero-order chi connectivity index (χ0) is 9.10. The third-order valence-corrected chi connectivity index (χ3v) is 2.88. The Balaban J connectivity index is 1.91. The molecular formula is C9H13IN2O. The Kier molecular flexibility index (Phi) is 3.10. The molecule has 1 saturated heterocycles. The lowest BCUT2D eigenvalue weighted by Gasteiger charge is -2.34. The van der Waals surface area contributed by atoms with E-state index in [0.717, 1.165) is 13.0 Å². The number of rotatable bonds is 1. The highest BCUT2D eigenvalue weighted by Crippen LogP contribution is 2.18. The number of hydrogen-bond acceptors (Lipinski definition) is 3. The van der Waals surface area contributed by atoms with Gasteiger partial charge >= 0.3 is 0 Å². The molecule has 2 aliphatic heterocycles. The van der Waals surface area contributed by atoms with E-state index in [-0.39, 0.29) is 6.23 Å². The molecule has 1 fully saturated rings. The molecule has 3 nitrogen and oxygen atoms in total. The van der Waals surface area contributed by atoms with Crippen molar-refractivity contribution >= 4 is 22.6 Å². The van der Waals surface area contributed by atoms with Crippen molar-refractivity contribution < 1.29 is 4.74 Å². The van der Waals surface area contributed by atoms with Crippen LogP contribution in [-0.2, 0) is 4.74 Å². The van der Waals surface area contributed by atoms with Gasteiger partial charge in [0.2, 0.25) is 0 Å². The molecule has 1 atom stereocenters. The molecule has 0 radical (unpaired) electrons. The van der Waals surface area contributed by atoms with Crippen LogP contribution in [0.2, 0.25) is 0 Å². The third-order valence-electron chi connectivity index (χ3n) is 2.21. The van der Waals surface area contributed by atoms with E-state index in [1.54, 1.807) is 0 Å². The molecule has 0 saturated carbocycles. The number of nitrogens with zero attached hydrogens (tertiary/aromatic N) is 1. The minimum Gasteiger partial charge on any atom is -0.357 e. The second-order valence-electron chi connectivity index (χ2n) is 3.20. The Morgan fingerprint density at radius 3 is 3.08 bits per heavy atom. The quantitative estimate of drug-likeness (QED) is 0.749. The summed E-state index contributed by atoms with van der Waals surface area (Å²) in [6, 6.07) is 0. The van der Waals surface area contributed by atoms with Crippen molar-refractivity contribution in [3.8, 4) is 0 Å². The van der Waals surface area contributed by atoms with Gasteiger partial charge in [-0.3, -0.25) is 5.01 Å². The fourth-order valence-electron chi connectivity index (χ4n) is 1.50. The highest BCUT2D eigenvalue weighted by molar-refractivity contribution is 14.1. The van der Waals surface area contributed by atoms with Crippen molar-refractivity contribution in [1.29, 1.82) is 0 Å². The molecular weight excluding hydrogens is 279 g/mol. The third kappa shape index (κ3) is 2.37. The van der Waals surface area contributed by atoms with Crippen LogP contribution in [-0.4, -0.2) is 17.8 Å². The van der Waals surface area contributed by atoms with Gasteiger partial charge in [-0.05, 0) is 47.9 Å². The number of halogens is 1. The molecule has 13 heavy (non-hydrogen) atoms. The van der Waals surface area contributed by atoms with Gasteiger partial charge in [0.15, 0.2) is 0 Å². The Bertz CT molecular complexity index is 234. The van der Waals surface area contributed by atoms with Gasteiger partial charge in [0.1, 0.15) is 6.23 Å². The molecule has 0 aromatic carbocycles. The molecule has 72 valence electrons. The minimum absolute atomic E-state index is 0.214. The van der Waals surface area contributed by atoms with E-state index < -0.39 is 0 Å². The summed E-state index contributed by atoms with van der Waals surface area (Å²) in [6.45, 7) is 0.886. The average molecular weight is 292 g/mol. The number of allylic oxidation sites excluding steroid dienone is 2. The van der Waals surface area contributed by atoms with Crippen LogP contribution in [0.25, 0.3) is 0 Å². The lowest BCUT2D eigenvalue weighted by atomic mass is 10.2. The predicted octanol–water partition coefficient (Wildman–Crippen LogP) is 2.12. The van der Waals surface area contributed by atoms with E-state index in [1.807, 2.05) is 17.4 Å². The number of hydrogen-bond donors (Lipinski definition) is 1. The highest BCUT2D eigenvalue weighted by Gasteiger charge is 2.19. The summed E-state index contributed by atoms with van der Waals surface area (Å²) in [5.74, 6) is 0. The molecule has 0 aromatic rings. The highest BCUT2D eigenvalue weighted by atomic mass is 127. The first-order valence-corrected chi connectivity index (χ1v) is 5.64. The van der Waals surface area contributed by atoms with E-state index in [1.165, 1.54) is 16.4 Å². The van der Waals surface area contributed by atoms with E-state index in [2.05, 4.69) is 34.1 Å². The summed E-state index contributed by atoms with van der Waals surface area (Å²) < 4.78 is 6.85. The first kappa shape index (κ1) is 9.33. The second-order valence-corrected chi connectivity index (χ2v) is 4.45. The molecule has 2 rings (SSSR count). The SMILES string of the molecule is IC1=CNN(C2CCCCO2)C=C1. The van der Waals surface area contributed by atoms with Crippen LogP contribution < -0.4 is 5.43 Å². The Morgan fingerprint density at radius 2 is 2.46 bits per heavy atom. The Labute approximate surface area is 91.9 Å². The van der Waals surface area contributed by atoms with Crippen molar-refractivity contribution in [2.24, 2.45) is 0 Å². The molecule has 1 unspecified atom stereocenters. The molecule has 0 bridgehead atoms. The first-order chi connectivity index (χ1) is 6.36. The van der Waals surface area contributed by atoms with E-state index in [0.29, 0.717) is 0 Å². The van der Waals surface area contributed by atoms with Crippen LogP contribution in [0.1, 0.15) is 19.3 Å². The molecule has 1 N–H and O–H groups in total. The topological polar surface area (TPSA) is 24.5 Å². The monoisotopic (exact) mass is 292 g/mol. The van der Waals surface area contributed by atoms with Gasteiger partial charge in [-0.15, -0.1) is 0 Å². The second kappa shape index (κ2) is 4.32. The average Bonchev–Trinajstić information content (AvgIpc) is 2.20. The Morgan fingerprint density at radius 1 is 1.54 bits per heavy atom. The van der Waals surface area contributed by atoms with Crippen LogP contribution in [0.3, 0.4) is 0 Å². The molecule has 0 spiro atoms. The van der Waals surface area contributed by atoms with E-state index in [4.69, 9.17) is 4.74 Å². The lowest BCUT2D eigenvalue weighted by Crippen LogP contribution is -2.43.